The summed E-state index contributed by atoms with van der Waals surface area (Å²) in [5.74, 6) is 0.991. The first-order chi connectivity index (χ1) is 11.0. The number of hydrogen-bond acceptors (Lipinski definition) is 4. The molecular formula is C19H18O4. The van der Waals surface area contributed by atoms with Gasteiger partial charge < -0.3 is 9.47 Å². The lowest BCUT2D eigenvalue weighted by atomic mass is 9.92. The zero-order valence-corrected chi connectivity index (χ0v) is 13.2. The molecule has 118 valence electrons. The maximum atomic E-state index is 12.3. The SMILES string of the molecule is Cc1cc2c(cc1OCc1ccccc1)C(=O)CC(C)(C=O)O2. The quantitative estimate of drug-likeness (QED) is 0.811. The van der Waals surface area contributed by atoms with Gasteiger partial charge in [-0.3, -0.25) is 9.59 Å². The number of Topliss-reactive ketones (excluding diaryl/α,β-unsaturated/α-hetero) is 1. The molecule has 0 bridgehead atoms. The van der Waals surface area contributed by atoms with Crippen molar-refractivity contribution >= 4 is 12.1 Å². The lowest BCUT2D eigenvalue weighted by molar-refractivity contribution is -0.120. The van der Waals surface area contributed by atoms with Crippen molar-refractivity contribution in [3.05, 3.63) is 59.2 Å². The molecule has 2 aromatic carbocycles. The molecule has 1 atom stereocenters. The zero-order chi connectivity index (χ0) is 16.4. The molecule has 1 heterocycles. The Morgan fingerprint density at radius 3 is 2.70 bits per heavy atom. The third-order valence-electron chi connectivity index (χ3n) is 3.92. The van der Waals surface area contributed by atoms with Crippen LogP contribution in [0.3, 0.4) is 0 Å². The maximum Gasteiger partial charge on any atom is 0.171 e. The van der Waals surface area contributed by atoms with E-state index in [1.165, 1.54) is 0 Å². The van der Waals surface area contributed by atoms with Crippen LogP contribution in [0.4, 0.5) is 0 Å². The molecule has 1 aliphatic heterocycles. The first-order valence-corrected chi connectivity index (χ1v) is 7.51. The van der Waals surface area contributed by atoms with Crippen molar-refractivity contribution in [3.63, 3.8) is 0 Å². The fourth-order valence-electron chi connectivity index (χ4n) is 2.62. The molecule has 1 aliphatic rings. The third-order valence-corrected chi connectivity index (χ3v) is 3.92. The van der Waals surface area contributed by atoms with Crippen molar-refractivity contribution in [1.82, 2.24) is 0 Å². The molecule has 0 fully saturated rings. The summed E-state index contributed by atoms with van der Waals surface area (Å²) >= 11 is 0. The van der Waals surface area contributed by atoms with Gasteiger partial charge in [-0.2, -0.15) is 0 Å². The van der Waals surface area contributed by atoms with E-state index in [4.69, 9.17) is 9.47 Å². The predicted molar refractivity (Wildman–Crippen MR) is 86.0 cm³/mol. The molecule has 0 amide bonds. The van der Waals surface area contributed by atoms with Crippen molar-refractivity contribution in [2.75, 3.05) is 0 Å². The Kier molecular flexibility index (Phi) is 3.90. The average Bonchev–Trinajstić information content (AvgIpc) is 2.54. The molecule has 0 N–H and O–H groups in total. The number of carbonyl (C=O) groups excluding carboxylic acids is 2. The highest BCUT2D eigenvalue weighted by molar-refractivity contribution is 6.02. The fourth-order valence-corrected chi connectivity index (χ4v) is 2.62. The van der Waals surface area contributed by atoms with Gasteiger partial charge in [0.1, 0.15) is 18.1 Å². The largest absolute Gasteiger partial charge is 0.489 e. The summed E-state index contributed by atoms with van der Waals surface area (Å²) in [6.45, 7) is 3.94. The number of carbonyl (C=O) groups is 2. The highest BCUT2D eigenvalue weighted by Crippen LogP contribution is 2.36. The molecule has 0 saturated carbocycles. The van der Waals surface area contributed by atoms with E-state index < -0.39 is 5.60 Å². The maximum absolute atomic E-state index is 12.3. The molecule has 0 radical (unpaired) electrons. The number of fused-ring (bicyclic) bond motifs is 1. The molecule has 0 saturated heterocycles. The second-order valence-corrected chi connectivity index (χ2v) is 6.02. The minimum absolute atomic E-state index is 0.0463. The summed E-state index contributed by atoms with van der Waals surface area (Å²) in [5, 5.41) is 0. The topological polar surface area (TPSA) is 52.6 Å². The van der Waals surface area contributed by atoms with Gasteiger partial charge in [0.25, 0.3) is 0 Å². The van der Waals surface area contributed by atoms with E-state index in [0.29, 0.717) is 30.0 Å². The van der Waals surface area contributed by atoms with Gasteiger partial charge >= 0.3 is 0 Å². The summed E-state index contributed by atoms with van der Waals surface area (Å²) in [7, 11) is 0. The Labute approximate surface area is 135 Å². The summed E-state index contributed by atoms with van der Waals surface area (Å²) in [6.07, 6.45) is 0.730. The normalized spacial score (nSPS) is 19.7. The molecule has 0 aromatic heterocycles. The highest BCUT2D eigenvalue weighted by Gasteiger charge is 2.36. The van der Waals surface area contributed by atoms with E-state index in [9.17, 15) is 9.59 Å². The summed E-state index contributed by atoms with van der Waals surface area (Å²) in [5.41, 5.74) is 1.31. The Morgan fingerprint density at radius 1 is 1.26 bits per heavy atom. The van der Waals surface area contributed by atoms with Gasteiger partial charge in [-0.1, -0.05) is 30.3 Å². The van der Waals surface area contributed by atoms with Crippen LogP contribution in [0.15, 0.2) is 42.5 Å². The number of aryl methyl sites for hydroxylation is 1. The fraction of sp³-hybridized carbons (Fsp3) is 0.263. The van der Waals surface area contributed by atoms with Gasteiger partial charge in [0.05, 0.1) is 12.0 Å². The van der Waals surface area contributed by atoms with Crippen molar-refractivity contribution < 1.29 is 19.1 Å². The molecule has 3 rings (SSSR count). The zero-order valence-electron chi connectivity index (χ0n) is 13.2. The second kappa shape index (κ2) is 5.88. The van der Waals surface area contributed by atoms with Crippen LogP contribution in [-0.2, 0) is 11.4 Å². The molecule has 4 heteroatoms. The smallest absolute Gasteiger partial charge is 0.171 e. The minimum atomic E-state index is -1.08. The number of benzene rings is 2. The van der Waals surface area contributed by atoms with Gasteiger partial charge in [0, 0.05) is 0 Å². The molecule has 0 spiro atoms. The summed E-state index contributed by atoms with van der Waals surface area (Å²) < 4.78 is 11.5. The number of hydrogen-bond donors (Lipinski definition) is 0. The van der Waals surface area contributed by atoms with Crippen LogP contribution in [0, 0.1) is 6.92 Å². The van der Waals surface area contributed by atoms with Crippen molar-refractivity contribution in [3.8, 4) is 11.5 Å². The first kappa shape index (κ1) is 15.3. The molecular weight excluding hydrogens is 292 g/mol. The van der Waals surface area contributed by atoms with Crippen LogP contribution in [0.5, 0.6) is 11.5 Å². The average molecular weight is 310 g/mol. The van der Waals surface area contributed by atoms with Crippen LogP contribution >= 0.6 is 0 Å². The summed E-state index contributed by atoms with van der Waals surface area (Å²) in [4.78, 5) is 23.4. The van der Waals surface area contributed by atoms with Crippen molar-refractivity contribution in [2.24, 2.45) is 0 Å². The number of ether oxygens (including phenoxy) is 2. The number of ketones is 1. The van der Waals surface area contributed by atoms with Crippen LogP contribution in [-0.4, -0.2) is 17.7 Å². The van der Waals surface area contributed by atoms with Gasteiger partial charge in [0.15, 0.2) is 17.7 Å². The summed E-state index contributed by atoms with van der Waals surface area (Å²) in [6, 6.07) is 13.3. The molecule has 2 aromatic rings. The lowest BCUT2D eigenvalue weighted by Crippen LogP contribution is -2.40. The van der Waals surface area contributed by atoms with E-state index in [-0.39, 0.29) is 12.2 Å². The first-order valence-electron chi connectivity index (χ1n) is 7.51. The lowest BCUT2D eigenvalue weighted by Gasteiger charge is -2.30. The predicted octanol–water partition coefficient (Wildman–Crippen LogP) is 3.50. The van der Waals surface area contributed by atoms with Gasteiger partial charge in [-0.15, -0.1) is 0 Å². The molecule has 4 nitrogen and oxygen atoms in total. The Hall–Kier alpha value is -2.62. The van der Waals surface area contributed by atoms with Crippen LogP contribution in [0.25, 0.3) is 0 Å². The standard InChI is InChI=1S/C19H18O4/c1-13-8-18-15(16(21)10-19(2,12-20)23-18)9-17(13)22-11-14-6-4-3-5-7-14/h3-9,12H,10-11H2,1-2H3. The van der Waals surface area contributed by atoms with Crippen LogP contribution < -0.4 is 9.47 Å². The second-order valence-electron chi connectivity index (χ2n) is 6.02. The van der Waals surface area contributed by atoms with Gasteiger partial charge in [-0.25, -0.2) is 0 Å². The molecule has 1 unspecified atom stereocenters. The van der Waals surface area contributed by atoms with E-state index in [0.717, 1.165) is 11.1 Å². The minimum Gasteiger partial charge on any atom is -0.489 e. The van der Waals surface area contributed by atoms with Crippen LogP contribution in [0.2, 0.25) is 0 Å². The Balaban J connectivity index is 1.86. The molecule has 0 aliphatic carbocycles. The van der Waals surface area contributed by atoms with E-state index in [1.54, 1.807) is 19.1 Å². The number of aldehydes is 1. The van der Waals surface area contributed by atoms with Gasteiger partial charge in [0.2, 0.25) is 0 Å². The Bertz CT molecular complexity index is 751. The molecule has 23 heavy (non-hydrogen) atoms. The van der Waals surface area contributed by atoms with E-state index in [1.807, 2.05) is 37.3 Å². The van der Waals surface area contributed by atoms with E-state index in [2.05, 4.69) is 0 Å². The highest BCUT2D eigenvalue weighted by atomic mass is 16.5. The van der Waals surface area contributed by atoms with Gasteiger partial charge in [-0.05, 0) is 37.1 Å². The van der Waals surface area contributed by atoms with Crippen LogP contribution in [0.1, 0.15) is 34.8 Å². The van der Waals surface area contributed by atoms with Crippen molar-refractivity contribution in [2.45, 2.75) is 32.5 Å². The van der Waals surface area contributed by atoms with E-state index >= 15 is 0 Å². The van der Waals surface area contributed by atoms with Crippen molar-refractivity contribution in [1.29, 1.82) is 0 Å². The number of rotatable bonds is 4. The monoisotopic (exact) mass is 310 g/mol. The third kappa shape index (κ3) is 3.11. The Morgan fingerprint density at radius 2 is 2.00 bits per heavy atom.